The summed E-state index contributed by atoms with van der Waals surface area (Å²) in [6, 6.07) is 4.94. The second-order valence-electron chi connectivity index (χ2n) is 9.13. The Bertz CT molecular complexity index is 1050. The number of aromatic nitrogens is 1. The first kappa shape index (κ1) is 29.7. The van der Waals surface area contributed by atoms with Crippen LogP contribution in [0.15, 0.2) is 42.6 Å². The molecule has 37 heavy (non-hydrogen) atoms. The van der Waals surface area contributed by atoms with Crippen LogP contribution < -0.4 is 15.4 Å². The van der Waals surface area contributed by atoms with E-state index in [-0.39, 0.29) is 17.7 Å². The van der Waals surface area contributed by atoms with Gasteiger partial charge in [-0.1, -0.05) is 12.1 Å². The number of nitrogens with one attached hydrogen (secondary N) is 2. The van der Waals surface area contributed by atoms with Crippen molar-refractivity contribution in [1.82, 2.24) is 15.6 Å². The van der Waals surface area contributed by atoms with Crippen LogP contribution in [-0.2, 0) is 15.7 Å². The number of hydrogen-bond acceptors (Lipinski definition) is 5. The van der Waals surface area contributed by atoms with Gasteiger partial charge in [0.05, 0.1) is 36.0 Å². The summed E-state index contributed by atoms with van der Waals surface area (Å²) in [5.41, 5.74) is -1.18. The number of alkyl carbamates (subject to hydrolysis) is 1. The van der Waals surface area contributed by atoms with Gasteiger partial charge in [0.1, 0.15) is 11.4 Å². The van der Waals surface area contributed by atoms with Crippen molar-refractivity contribution in [2.75, 3.05) is 6.61 Å². The number of nitrogens with zero attached hydrogens (tertiary/aromatic N) is 1. The number of carbonyl (C=O) groups excluding carboxylic acids is 2. The van der Waals surface area contributed by atoms with E-state index >= 15 is 0 Å². The third-order valence-electron chi connectivity index (χ3n) is 4.70. The molecule has 7 nitrogen and oxygen atoms in total. The minimum atomic E-state index is -4.56. The number of ether oxygens (including phenoxy) is 2. The van der Waals surface area contributed by atoms with E-state index in [1.807, 2.05) is 0 Å². The van der Waals surface area contributed by atoms with Crippen LogP contribution in [0, 0.1) is 0 Å². The number of rotatable bonds is 8. The highest BCUT2D eigenvalue weighted by Gasteiger charge is 2.31. The van der Waals surface area contributed by atoms with Gasteiger partial charge in [-0.05, 0) is 57.5 Å². The van der Waals surface area contributed by atoms with Gasteiger partial charge in [0.15, 0.2) is 6.61 Å². The van der Waals surface area contributed by atoms with Crippen LogP contribution in [0.25, 0.3) is 0 Å². The lowest BCUT2D eigenvalue weighted by Gasteiger charge is -2.24. The van der Waals surface area contributed by atoms with Crippen molar-refractivity contribution >= 4 is 12.0 Å². The van der Waals surface area contributed by atoms with Crippen molar-refractivity contribution in [3.05, 3.63) is 59.4 Å². The maximum atomic E-state index is 12.9. The van der Waals surface area contributed by atoms with Crippen LogP contribution in [0.5, 0.6) is 5.75 Å². The van der Waals surface area contributed by atoms with Crippen molar-refractivity contribution < 1.29 is 45.4 Å². The van der Waals surface area contributed by atoms with Crippen LogP contribution in [0.4, 0.5) is 31.1 Å². The Kier molecular flexibility index (Phi) is 9.39. The molecule has 204 valence electrons. The Morgan fingerprint density at radius 2 is 1.57 bits per heavy atom. The smallest absolute Gasteiger partial charge is 0.422 e. The number of halogens is 6. The van der Waals surface area contributed by atoms with E-state index in [1.54, 1.807) is 27.7 Å². The van der Waals surface area contributed by atoms with Gasteiger partial charge in [0, 0.05) is 0 Å². The van der Waals surface area contributed by atoms with E-state index in [9.17, 15) is 35.9 Å². The lowest BCUT2D eigenvalue weighted by atomic mass is 10.0. The van der Waals surface area contributed by atoms with Gasteiger partial charge < -0.3 is 20.1 Å². The Hall–Kier alpha value is -3.51. The fraction of sp³-hybridized carbons (Fsp3) is 0.458. The molecule has 0 aliphatic carbocycles. The zero-order chi connectivity index (χ0) is 28.0. The standard InChI is InChI=1S/C24H27F6N3O4/c1-14(18-10-9-17(12-31-18)36-13-23(25,26)27)32-20(34)11-19(33-21(35)37-22(2,3)4)15-5-7-16(8-6-15)24(28,29)30/h5-10,12,14,19H,11,13H2,1-4H3,(H,32,34)(H,33,35)/t14-,19+/m1/s1. The Morgan fingerprint density at radius 3 is 2.05 bits per heavy atom. The molecule has 2 rings (SSSR count). The van der Waals surface area contributed by atoms with Crippen LogP contribution >= 0.6 is 0 Å². The van der Waals surface area contributed by atoms with E-state index in [1.165, 1.54) is 12.1 Å². The minimum Gasteiger partial charge on any atom is -0.483 e. The Morgan fingerprint density at radius 1 is 0.946 bits per heavy atom. The second-order valence-corrected chi connectivity index (χ2v) is 9.13. The molecule has 13 heteroatoms. The van der Waals surface area contributed by atoms with E-state index in [0.717, 1.165) is 30.5 Å². The summed E-state index contributed by atoms with van der Waals surface area (Å²) in [5.74, 6) is -0.684. The highest BCUT2D eigenvalue weighted by molar-refractivity contribution is 5.78. The highest BCUT2D eigenvalue weighted by Crippen LogP contribution is 2.30. The molecule has 0 unspecified atom stereocenters. The largest absolute Gasteiger partial charge is 0.483 e. The zero-order valence-electron chi connectivity index (χ0n) is 20.5. The number of amides is 2. The van der Waals surface area contributed by atoms with Crippen molar-refractivity contribution in [3.8, 4) is 5.75 Å². The summed E-state index contributed by atoms with van der Waals surface area (Å²) in [7, 11) is 0. The summed E-state index contributed by atoms with van der Waals surface area (Å²) >= 11 is 0. The number of carbonyl (C=O) groups is 2. The molecular formula is C24H27F6N3O4. The van der Waals surface area contributed by atoms with Gasteiger partial charge in [0.25, 0.3) is 0 Å². The first-order chi connectivity index (χ1) is 16.9. The normalized spacial score (nSPS) is 13.9. The third kappa shape index (κ3) is 10.6. The van der Waals surface area contributed by atoms with E-state index in [2.05, 4.69) is 20.4 Å². The minimum absolute atomic E-state index is 0.108. The topological polar surface area (TPSA) is 89.6 Å². The molecule has 0 saturated heterocycles. The molecule has 0 aliphatic heterocycles. The molecule has 0 saturated carbocycles. The predicted octanol–water partition coefficient (Wildman–Crippen LogP) is 5.87. The quantitative estimate of drug-likeness (QED) is 0.413. The molecule has 2 amide bonds. The van der Waals surface area contributed by atoms with Crippen molar-refractivity contribution in [2.45, 2.75) is 64.2 Å². The molecule has 0 spiro atoms. The van der Waals surface area contributed by atoms with E-state index in [0.29, 0.717) is 5.69 Å². The van der Waals surface area contributed by atoms with Gasteiger partial charge in [-0.2, -0.15) is 26.3 Å². The fourth-order valence-electron chi connectivity index (χ4n) is 3.06. The van der Waals surface area contributed by atoms with Crippen molar-refractivity contribution in [2.24, 2.45) is 0 Å². The predicted molar refractivity (Wildman–Crippen MR) is 121 cm³/mol. The lowest BCUT2D eigenvalue weighted by Crippen LogP contribution is -2.38. The van der Waals surface area contributed by atoms with Gasteiger partial charge in [-0.3, -0.25) is 9.78 Å². The SMILES string of the molecule is C[C@@H](NC(=O)C[C@H](NC(=O)OC(C)(C)C)c1ccc(C(F)(F)F)cc1)c1ccc(OCC(F)(F)F)cn1. The van der Waals surface area contributed by atoms with E-state index < -0.39 is 54.2 Å². The molecule has 0 bridgehead atoms. The number of hydrogen-bond donors (Lipinski definition) is 2. The summed E-state index contributed by atoms with van der Waals surface area (Å²) < 4.78 is 85.4. The lowest BCUT2D eigenvalue weighted by molar-refractivity contribution is -0.153. The van der Waals surface area contributed by atoms with Crippen LogP contribution in [0.1, 0.15) is 63.0 Å². The van der Waals surface area contributed by atoms with Crippen molar-refractivity contribution in [3.63, 3.8) is 0 Å². The van der Waals surface area contributed by atoms with Gasteiger partial charge in [-0.15, -0.1) is 0 Å². The molecule has 2 N–H and O–H groups in total. The Labute approximate surface area is 209 Å². The average molecular weight is 535 g/mol. The van der Waals surface area contributed by atoms with Gasteiger partial charge in [0.2, 0.25) is 5.91 Å². The van der Waals surface area contributed by atoms with Gasteiger partial charge in [-0.25, -0.2) is 4.79 Å². The number of alkyl halides is 6. The molecule has 0 aliphatic rings. The van der Waals surface area contributed by atoms with Gasteiger partial charge >= 0.3 is 18.4 Å². The maximum Gasteiger partial charge on any atom is 0.422 e. The summed E-state index contributed by atoms with van der Waals surface area (Å²) in [6.45, 7) is 4.98. The number of pyridine rings is 1. The fourth-order valence-corrected chi connectivity index (χ4v) is 3.06. The summed E-state index contributed by atoms with van der Waals surface area (Å²) in [5, 5.41) is 5.13. The maximum absolute atomic E-state index is 12.9. The Balaban J connectivity index is 2.10. The molecule has 2 atom stereocenters. The van der Waals surface area contributed by atoms with Crippen LogP contribution in [-0.4, -0.2) is 35.4 Å². The van der Waals surface area contributed by atoms with Crippen LogP contribution in [0.3, 0.4) is 0 Å². The molecule has 0 radical (unpaired) electrons. The average Bonchev–Trinajstić information content (AvgIpc) is 2.75. The second kappa shape index (κ2) is 11.7. The first-order valence-electron chi connectivity index (χ1n) is 11.0. The molecular weight excluding hydrogens is 508 g/mol. The summed E-state index contributed by atoms with van der Waals surface area (Å²) in [6.07, 6.45) is -9.19. The molecule has 1 heterocycles. The monoisotopic (exact) mass is 535 g/mol. The third-order valence-corrected chi connectivity index (χ3v) is 4.70. The highest BCUT2D eigenvalue weighted by atomic mass is 19.4. The molecule has 1 aromatic heterocycles. The van der Waals surface area contributed by atoms with E-state index in [4.69, 9.17) is 4.74 Å². The zero-order valence-corrected chi connectivity index (χ0v) is 20.5. The number of benzene rings is 1. The van der Waals surface area contributed by atoms with Crippen molar-refractivity contribution in [1.29, 1.82) is 0 Å². The molecule has 2 aromatic rings. The molecule has 1 aromatic carbocycles. The molecule has 0 fully saturated rings. The van der Waals surface area contributed by atoms with Crippen LogP contribution in [0.2, 0.25) is 0 Å². The first-order valence-corrected chi connectivity index (χ1v) is 11.0. The summed E-state index contributed by atoms with van der Waals surface area (Å²) in [4.78, 5) is 29.0.